The number of carbonyl (C=O) groups is 1. The molecule has 0 aliphatic carbocycles. The van der Waals surface area contributed by atoms with Gasteiger partial charge in [-0.1, -0.05) is 41.9 Å². The fraction of sp³-hybridized carbons (Fsp3) is 0.278. The zero-order chi connectivity index (χ0) is 15.4. The molecule has 0 saturated carbocycles. The highest BCUT2D eigenvalue weighted by atomic mass is 35.5. The van der Waals surface area contributed by atoms with Gasteiger partial charge in [-0.3, -0.25) is 4.79 Å². The Morgan fingerprint density at radius 1 is 1.09 bits per heavy atom. The maximum absolute atomic E-state index is 12.1. The number of benzene rings is 2. The Bertz CT molecular complexity index is 651. The number of nitrogens with zero attached hydrogens (tertiary/aromatic N) is 1. The van der Waals surface area contributed by atoms with Gasteiger partial charge in [-0.15, -0.1) is 0 Å². The van der Waals surface area contributed by atoms with Crippen molar-refractivity contribution >= 4 is 28.9 Å². The number of carbonyl (C=O) groups excluding carboxylic acids is 1. The van der Waals surface area contributed by atoms with E-state index in [1.165, 1.54) is 12.8 Å². The minimum absolute atomic E-state index is 0.0313. The second kappa shape index (κ2) is 6.84. The van der Waals surface area contributed by atoms with Gasteiger partial charge in [0.15, 0.2) is 0 Å². The van der Waals surface area contributed by atoms with Crippen LogP contribution in [-0.4, -0.2) is 19.0 Å². The van der Waals surface area contributed by atoms with Crippen LogP contribution in [0.1, 0.15) is 18.4 Å². The fourth-order valence-corrected chi connectivity index (χ4v) is 3.09. The van der Waals surface area contributed by atoms with Crippen molar-refractivity contribution in [2.45, 2.75) is 19.3 Å². The highest BCUT2D eigenvalue weighted by Crippen LogP contribution is 2.31. The number of halogens is 1. The van der Waals surface area contributed by atoms with E-state index >= 15 is 0 Å². The van der Waals surface area contributed by atoms with Crippen molar-refractivity contribution in [1.29, 1.82) is 0 Å². The molecule has 0 unspecified atom stereocenters. The standard InChI is InChI=1S/C18H19ClN2O/c19-16-13-15(8-9-17(16)21-10-4-5-11-21)20-18(22)12-14-6-2-1-3-7-14/h1-3,6-9,13H,4-5,10-12H2,(H,20,22). The largest absolute Gasteiger partial charge is 0.370 e. The molecule has 0 radical (unpaired) electrons. The second-order valence-electron chi connectivity index (χ2n) is 5.57. The van der Waals surface area contributed by atoms with Crippen LogP contribution in [0.5, 0.6) is 0 Å². The van der Waals surface area contributed by atoms with Crippen LogP contribution in [-0.2, 0) is 11.2 Å². The molecule has 0 atom stereocenters. The summed E-state index contributed by atoms with van der Waals surface area (Å²) >= 11 is 6.36. The SMILES string of the molecule is O=C(Cc1ccccc1)Nc1ccc(N2CCCC2)c(Cl)c1. The molecule has 0 aromatic heterocycles. The van der Waals surface area contributed by atoms with E-state index in [1.54, 1.807) is 0 Å². The Balaban J connectivity index is 1.65. The molecule has 1 heterocycles. The van der Waals surface area contributed by atoms with Gasteiger partial charge >= 0.3 is 0 Å². The topological polar surface area (TPSA) is 32.3 Å². The lowest BCUT2D eigenvalue weighted by Crippen LogP contribution is -2.18. The molecular formula is C18H19ClN2O. The molecule has 4 heteroatoms. The van der Waals surface area contributed by atoms with Gasteiger partial charge in [-0.2, -0.15) is 0 Å². The summed E-state index contributed by atoms with van der Waals surface area (Å²) in [5, 5.41) is 3.60. The van der Waals surface area contributed by atoms with Crippen LogP contribution in [0.25, 0.3) is 0 Å². The van der Waals surface area contributed by atoms with E-state index in [-0.39, 0.29) is 5.91 Å². The first kappa shape index (κ1) is 14.9. The van der Waals surface area contributed by atoms with E-state index in [1.807, 2.05) is 48.5 Å². The Labute approximate surface area is 135 Å². The number of rotatable bonds is 4. The van der Waals surface area contributed by atoms with Crippen LogP contribution in [0.15, 0.2) is 48.5 Å². The average molecular weight is 315 g/mol. The lowest BCUT2D eigenvalue weighted by Gasteiger charge is -2.19. The molecule has 0 spiro atoms. The first-order chi connectivity index (χ1) is 10.7. The molecule has 114 valence electrons. The van der Waals surface area contributed by atoms with E-state index in [9.17, 15) is 4.79 Å². The van der Waals surface area contributed by atoms with Gasteiger partial charge in [0.25, 0.3) is 0 Å². The normalized spacial score (nSPS) is 14.1. The molecule has 1 N–H and O–H groups in total. The van der Waals surface area contributed by atoms with Crippen molar-refractivity contribution in [2.75, 3.05) is 23.3 Å². The van der Waals surface area contributed by atoms with Gasteiger partial charge in [-0.25, -0.2) is 0 Å². The highest BCUT2D eigenvalue weighted by molar-refractivity contribution is 6.33. The molecule has 1 aliphatic rings. The number of hydrogen-bond donors (Lipinski definition) is 1. The lowest BCUT2D eigenvalue weighted by molar-refractivity contribution is -0.115. The molecule has 0 bridgehead atoms. The highest BCUT2D eigenvalue weighted by Gasteiger charge is 2.15. The Morgan fingerprint density at radius 2 is 1.82 bits per heavy atom. The maximum atomic E-state index is 12.1. The van der Waals surface area contributed by atoms with Crippen molar-refractivity contribution in [3.05, 3.63) is 59.1 Å². The van der Waals surface area contributed by atoms with Crippen molar-refractivity contribution in [3.8, 4) is 0 Å². The van der Waals surface area contributed by atoms with Crippen molar-refractivity contribution in [3.63, 3.8) is 0 Å². The molecule has 3 nitrogen and oxygen atoms in total. The molecule has 1 fully saturated rings. The zero-order valence-electron chi connectivity index (χ0n) is 12.4. The van der Waals surface area contributed by atoms with Crippen molar-refractivity contribution in [1.82, 2.24) is 0 Å². The van der Waals surface area contributed by atoms with Gasteiger partial charge in [0.2, 0.25) is 5.91 Å². The summed E-state index contributed by atoms with van der Waals surface area (Å²) in [6.07, 6.45) is 2.80. The van der Waals surface area contributed by atoms with Crippen LogP contribution < -0.4 is 10.2 Å². The monoisotopic (exact) mass is 314 g/mol. The van der Waals surface area contributed by atoms with Crippen LogP contribution in [0.2, 0.25) is 5.02 Å². The fourth-order valence-electron chi connectivity index (χ4n) is 2.79. The van der Waals surface area contributed by atoms with Crippen LogP contribution in [0.3, 0.4) is 0 Å². The summed E-state index contributed by atoms with van der Waals surface area (Å²) in [5.41, 5.74) is 2.80. The van der Waals surface area contributed by atoms with Gasteiger partial charge in [0.1, 0.15) is 0 Å². The molecule has 1 aliphatic heterocycles. The first-order valence-corrected chi connectivity index (χ1v) is 7.98. The molecule has 1 saturated heterocycles. The molecule has 22 heavy (non-hydrogen) atoms. The third-order valence-electron chi connectivity index (χ3n) is 3.89. The maximum Gasteiger partial charge on any atom is 0.228 e. The first-order valence-electron chi connectivity index (χ1n) is 7.60. The summed E-state index contributed by atoms with van der Waals surface area (Å²) in [5.74, 6) is -0.0313. The number of amides is 1. The molecule has 2 aromatic rings. The quantitative estimate of drug-likeness (QED) is 0.920. The summed E-state index contributed by atoms with van der Waals surface area (Å²) in [6, 6.07) is 15.4. The molecule has 1 amide bonds. The summed E-state index contributed by atoms with van der Waals surface area (Å²) in [4.78, 5) is 14.4. The van der Waals surface area contributed by atoms with E-state index in [2.05, 4.69) is 10.2 Å². The van der Waals surface area contributed by atoms with E-state index in [0.29, 0.717) is 11.4 Å². The minimum Gasteiger partial charge on any atom is -0.370 e. The Morgan fingerprint density at radius 3 is 2.50 bits per heavy atom. The second-order valence-corrected chi connectivity index (χ2v) is 5.98. The van der Waals surface area contributed by atoms with Gasteiger partial charge in [0.05, 0.1) is 17.1 Å². The van der Waals surface area contributed by atoms with Crippen LogP contribution in [0.4, 0.5) is 11.4 Å². The van der Waals surface area contributed by atoms with Crippen molar-refractivity contribution in [2.24, 2.45) is 0 Å². The number of hydrogen-bond acceptors (Lipinski definition) is 2. The Hall–Kier alpha value is -2.00. The smallest absolute Gasteiger partial charge is 0.228 e. The number of nitrogens with one attached hydrogen (secondary N) is 1. The average Bonchev–Trinajstić information content (AvgIpc) is 3.02. The Kier molecular flexibility index (Phi) is 4.64. The summed E-state index contributed by atoms with van der Waals surface area (Å²) in [6.45, 7) is 2.11. The summed E-state index contributed by atoms with van der Waals surface area (Å²) in [7, 11) is 0. The zero-order valence-corrected chi connectivity index (χ0v) is 13.1. The lowest BCUT2D eigenvalue weighted by atomic mass is 10.1. The van der Waals surface area contributed by atoms with E-state index in [4.69, 9.17) is 11.6 Å². The minimum atomic E-state index is -0.0313. The molecule has 3 rings (SSSR count). The number of anilines is 2. The van der Waals surface area contributed by atoms with Crippen molar-refractivity contribution < 1.29 is 4.79 Å². The van der Waals surface area contributed by atoms with Gasteiger partial charge in [0, 0.05) is 18.8 Å². The molecule has 2 aromatic carbocycles. The third kappa shape index (κ3) is 3.60. The predicted molar refractivity (Wildman–Crippen MR) is 91.7 cm³/mol. The van der Waals surface area contributed by atoms with Gasteiger partial charge in [-0.05, 0) is 36.6 Å². The van der Waals surface area contributed by atoms with Gasteiger partial charge < -0.3 is 10.2 Å². The van der Waals surface area contributed by atoms with Crippen LogP contribution in [0, 0.1) is 0 Å². The summed E-state index contributed by atoms with van der Waals surface area (Å²) < 4.78 is 0. The predicted octanol–water partition coefficient (Wildman–Crippen LogP) is 4.12. The van der Waals surface area contributed by atoms with E-state index < -0.39 is 0 Å². The van der Waals surface area contributed by atoms with E-state index in [0.717, 1.165) is 30.0 Å². The van der Waals surface area contributed by atoms with Crippen LogP contribution >= 0.6 is 11.6 Å². The molecular weight excluding hydrogens is 296 g/mol. The third-order valence-corrected chi connectivity index (χ3v) is 4.19.